The molecule has 0 saturated carbocycles. The van der Waals surface area contributed by atoms with Gasteiger partial charge in [0.2, 0.25) is 0 Å². The molecule has 4 nitrogen and oxygen atoms in total. The normalized spacial score (nSPS) is 18.7. The predicted octanol–water partition coefficient (Wildman–Crippen LogP) is 10.8. The Bertz CT molecular complexity index is 2810. The molecule has 3 unspecified atom stereocenters. The van der Waals surface area contributed by atoms with Gasteiger partial charge in [-0.05, 0) is 89.8 Å². The van der Waals surface area contributed by atoms with Crippen molar-refractivity contribution in [2.24, 2.45) is 0 Å². The van der Waals surface area contributed by atoms with Gasteiger partial charge in [-0.2, -0.15) is 0 Å². The highest BCUT2D eigenvalue weighted by molar-refractivity contribution is 6.18. The Morgan fingerprint density at radius 2 is 1.10 bits per heavy atom. The number of rotatable bonds is 3. The van der Waals surface area contributed by atoms with Gasteiger partial charge in [-0.1, -0.05) is 140 Å². The highest BCUT2D eigenvalue weighted by Crippen LogP contribution is 2.43. The minimum Gasteiger partial charge on any atom is -0.456 e. The maximum atomic E-state index is 6.38. The summed E-state index contributed by atoms with van der Waals surface area (Å²) in [6.45, 7) is 0. The number of hydrogen-bond acceptors (Lipinski definition) is 4. The van der Waals surface area contributed by atoms with E-state index < -0.39 is 0 Å². The van der Waals surface area contributed by atoms with Crippen LogP contribution in [0.25, 0.3) is 65.4 Å². The van der Waals surface area contributed by atoms with Gasteiger partial charge in [0.1, 0.15) is 11.2 Å². The highest BCUT2D eigenvalue weighted by Gasteiger charge is 2.34. The van der Waals surface area contributed by atoms with Gasteiger partial charge < -0.3 is 4.42 Å². The van der Waals surface area contributed by atoms with Crippen LogP contribution in [0, 0.1) is 0 Å². The maximum absolute atomic E-state index is 6.38. The second kappa shape index (κ2) is 10.9. The molecule has 238 valence electrons. The summed E-state index contributed by atoms with van der Waals surface area (Å²) < 4.78 is 6.38. The first-order valence-electron chi connectivity index (χ1n) is 17.5. The van der Waals surface area contributed by atoms with Gasteiger partial charge in [-0.3, -0.25) is 16.0 Å². The zero-order valence-electron chi connectivity index (χ0n) is 27.3. The zero-order valence-corrected chi connectivity index (χ0v) is 27.3. The monoisotopic (exact) mass is 643 g/mol. The van der Waals surface area contributed by atoms with Crippen LogP contribution in [0.1, 0.15) is 46.3 Å². The number of hydrogen-bond donors (Lipinski definition) is 3. The van der Waals surface area contributed by atoms with Crippen LogP contribution in [0.5, 0.6) is 0 Å². The summed E-state index contributed by atoms with van der Waals surface area (Å²) >= 11 is 0. The first-order valence-corrected chi connectivity index (χ1v) is 17.5. The summed E-state index contributed by atoms with van der Waals surface area (Å²) in [6, 6.07) is 55.1. The third-order valence-electron chi connectivity index (χ3n) is 11.0. The van der Waals surface area contributed by atoms with Crippen LogP contribution in [-0.4, -0.2) is 0 Å². The number of nitrogens with one attached hydrogen (secondary N) is 3. The second-order valence-electron chi connectivity index (χ2n) is 13.8. The molecular formula is C46H33N3O. The lowest BCUT2D eigenvalue weighted by Gasteiger charge is -2.40. The fourth-order valence-corrected chi connectivity index (χ4v) is 8.72. The van der Waals surface area contributed by atoms with E-state index in [1.807, 2.05) is 12.1 Å². The smallest absolute Gasteiger partial charge is 0.135 e. The van der Waals surface area contributed by atoms with Gasteiger partial charge >= 0.3 is 0 Å². The lowest BCUT2D eigenvalue weighted by molar-refractivity contribution is 0.204. The predicted molar refractivity (Wildman–Crippen MR) is 205 cm³/mol. The molecule has 2 heterocycles. The van der Waals surface area contributed by atoms with E-state index in [9.17, 15) is 0 Å². The van der Waals surface area contributed by atoms with Crippen molar-refractivity contribution in [3.8, 4) is 11.1 Å². The lowest BCUT2D eigenvalue weighted by atomic mass is 9.92. The van der Waals surface area contributed by atoms with E-state index in [4.69, 9.17) is 4.42 Å². The van der Waals surface area contributed by atoms with Crippen molar-refractivity contribution in [1.82, 2.24) is 16.0 Å². The van der Waals surface area contributed by atoms with E-state index in [0.717, 1.165) is 33.9 Å². The number of benzene rings is 8. The van der Waals surface area contributed by atoms with Crippen LogP contribution < -0.4 is 16.0 Å². The Hall–Kier alpha value is -5.78. The second-order valence-corrected chi connectivity index (χ2v) is 13.8. The summed E-state index contributed by atoms with van der Waals surface area (Å²) in [5.74, 6) is 0. The largest absolute Gasteiger partial charge is 0.456 e. The van der Waals surface area contributed by atoms with Crippen LogP contribution >= 0.6 is 0 Å². The number of furan rings is 1. The molecule has 1 aliphatic heterocycles. The Labute approximate surface area is 289 Å². The average molecular weight is 644 g/mol. The Kier molecular flexibility index (Phi) is 6.10. The summed E-state index contributed by atoms with van der Waals surface area (Å²) in [7, 11) is 0. The standard InChI is InChI=1S/C46H33N3O/c1-3-13-32-27(9-1)19-24-37-34(32)22-20-28-11-7-16-38(42(28)37)45-47-44(31-21-23-36-35-15-5-6-18-40(35)50-41(36)26-31)48-46(49-45)39-17-8-12-30-25-29-10-2-4-14-33(29)43(30)39/h1-24,26,44-49H,25H2. The maximum Gasteiger partial charge on any atom is 0.135 e. The van der Waals surface area contributed by atoms with E-state index in [1.165, 1.54) is 65.7 Å². The molecule has 0 amide bonds. The van der Waals surface area contributed by atoms with Crippen molar-refractivity contribution in [1.29, 1.82) is 0 Å². The van der Waals surface area contributed by atoms with E-state index >= 15 is 0 Å². The number of fused-ring (bicyclic) bond motifs is 11. The molecule has 9 aromatic rings. The molecule has 0 radical (unpaired) electrons. The third-order valence-corrected chi connectivity index (χ3v) is 11.0. The van der Waals surface area contributed by atoms with E-state index in [1.54, 1.807) is 0 Å². The van der Waals surface area contributed by atoms with Crippen LogP contribution in [0.15, 0.2) is 156 Å². The van der Waals surface area contributed by atoms with E-state index in [0.29, 0.717) is 0 Å². The third kappa shape index (κ3) is 4.23. The van der Waals surface area contributed by atoms with Gasteiger partial charge in [-0.15, -0.1) is 0 Å². The molecule has 1 saturated heterocycles. The molecule has 11 rings (SSSR count). The molecule has 2 aliphatic rings. The Morgan fingerprint density at radius 1 is 0.440 bits per heavy atom. The highest BCUT2D eigenvalue weighted by atomic mass is 16.3. The number of para-hydroxylation sites is 1. The molecule has 8 aromatic carbocycles. The van der Waals surface area contributed by atoms with Crippen LogP contribution in [0.2, 0.25) is 0 Å². The van der Waals surface area contributed by atoms with Crippen molar-refractivity contribution >= 4 is 54.3 Å². The van der Waals surface area contributed by atoms with Gasteiger partial charge in [0, 0.05) is 10.8 Å². The molecule has 4 heteroatoms. The molecule has 1 fully saturated rings. The molecule has 3 atom stereocenters. The van der Waals surface area contributed by atoms with Crippen LogP contribution in [0.3, 0.4) is 0 Å². The van der Waals surface area contributed by atoms with Crippen molar-refractivity contribution in [2.75, 3.05) is 0 Å². The summed E-state index contributed by atoms with van der Waals surface area (Å²) in [5, 5.41) is 21.9. The van der Waals surface area contributed by atoms with Gasteiger partial charge in [0.05, 0.1) is 18.5 Å². The Morgan fingerprint density at radius 3 is 2.06 bits per heavy atom. The summed E-state index contributed by atoms with van der Waals surface area (Å²) in [4.78, 5) is 0. The molecule has 50 heavy (non-hydrogen) atoms. The Balaban J connectivity index is 1.10. The van der Waals surface area contributed by atoms with E-state index in [2.05, 4.69) is 155 Å². The average Bonchev–Trinajstić information content (AvgIpc) is 3.75. The van der Waals surface area contributed by atoms with E-state index in [-0.39, 0.29) is 18.5 Å². The minimum absolute atomic E-state index is 0.121. The van der Waals surface area contributed by atoms with Gasteiger partial charge in [0.15, 0.2) is 0 Å². The van der Waals surface area contributed by atoms with Crippen molar-refractivity contribution in [2.45, 2.75) is 24.9 Å². The van der Waals surface area contributed by atoms with Crippen molar-refractivity contribution < 1.29 is 4.42 Å². The molecule has 1 aliphatic carbocycles. The summed E-state index contributed by atoms with van der Waals surface area (Å²) in [5.41, 5.74) is 10.9. The molecule has 1 aromatic heterocycles. The van der Waals surface area contributed by atoms with Gasteiger partial charge in [-0.25, -0.2) is 0 Å². The summed E-state index contributed by atoms with van der Waals surface area (Å²) in [6.07, 6.45) is 0.543. The topological polar surface area (TPSA) is 49.2 Å². The van der Waals surface area contributed by atoms with Crippen molar-refractivity contribution in [3.05, 3.63) is 179 Å². The molecule has 0 bridgehead atoms. The SMILES string of the molecule is c1ccc2c(c1)Cc1cccc(C3NC(c4ccc5c(c4)oc4ccccc45)NC(c4cccc5ccc6c7ccccc7ccc6c45)N3)c1-2. The molecule has 3 N–H and O–H groups in total. The minimum atomic E-state index is -0.151. The first kappa shape index (κ1) is 28.1. The van der Waals surface area contributed by atoms with Crippen LogP contribution in [0.4, 0.5) is 0 Å². The quantitative estimate of drug-likeness (QED) is 0.168. The zero-order chi connectivity index (χ0) is 32.8. The molecule has 0 spiro atoms. The lowest BCUT2D eigenvalue weighted by Crippen LogP contribution is -2.54. The fraction of sp³-hybridized carbons (Fsp3) is 0.0870. The first-order chi connectivity index (χ1) is 24.8. The van der Waals surface area contributed by atoms with Gasteiger partial charge in [0.25, 0.3) is 0 Å². The molecular weight excluding hydrogens is 611 g/mol. The van der Waals surface area contributed by atoms with Crippen molar-refractivity contribution in [3.63, 3.8) is 0 Å². The van der Waals surface area contributed by atoms with Crippen LogP contribution in [-0.2, 0) is 6.42 Å². The fourth-order valence-electron chi connectivity index (χ4n) is 8.72.